The monoisotopic (exact) mass is 526 g/mol. The van der Waals surface area contributed by atoms with Crippen molar-refractivity contribution in [1.29, 1.82) is 0 Å². The second kappa shape index (κ2) is 7.54. The lowest BCUT2D eigenvalue weighted by molar-refractivity contribution is 0.514. The number of hydrogen-bond donors (Lipinski definition) is 2. The van der Waals surface area contributed by atoms with Crippen LogP contribution in [0.5, 0.6) is 0 Å². The standard InChI is InChI=1S/C14H17Br2IN4/c1-3-21-13(14(16)8(2)20-21)7-12(19-18)10-6-9(15)4-5-11(10)17/h4-6,12,19H,3,7,18H2,1-2H3. The van der Waals surface area contributed by atoms with Crippen LogP contribution in [0.25, 0.3) is 0 Å². The van der Waals surface area contributed by atoms with Crippen molar-refractivity contribution in [3.63, 3.8) is 0 Å². The van der Waals surface area contributed by atoms with Gasteiger partial charge in [-0.2, -0.15) is 5.10 Å². The molecule has 4 nitrogen and oxygen atoms in total. The second-order valence-electron chi connectivity index (χ2n) is 4.75. The number of aromatic nitrogens is 2. The highest BCUT2D eigenvalue weighted by atomic mass is 127. The number of nitrogens with two attached hydrogens (primary N) is 1. The van der Waals surface area contributed by atoms with Gasteiger partial charge in [0.25, 0.3) is 0 Å². The number of nitrogens with zero attached hydrogens (tertiary/aromatic N) is 2. The number of nitrogens with one attached hydrogen (secondary N) is 1. The molecule has 0 bridgehead atoms. The summed E-state index contributed by atoms with van der Waals surface area (Å²) in [5.41, 5.74) is 6.28. The van der Waals surface area contributed by atoms with Crippen LogP contribution < -0.4 is 11.3 Å². The van der Waals surface area contributed by atoms with Gasteiger partial charge in [0.15, 0.2) is 0 Å². The molecule has 0 aliphatic rings. The van der Waals surface area contributed by atoms with Gasteiger partial charge in [-0.1, -0.05) is 15.9 Å². The molecular weight excluding hydrogens is 511 g/mol. The van der Waals surface area contributed by atoms with Gasteiger partial charge in [-0.15, -0.1) is 0 Å². The predicted octanol–water partition coefficient (Wildman–Crippen LogP) is 4.09. The molecule has 0 aliphatic carbocycles. The first-order chi connectivity index (χ1) is 9.97. The van der Waals surface area contributed by atoms with E-state index in [0.29, 0.717) is 0 Å². The smallest absolute Gasteiger partial charge is 0.0738 e. The van der Waals surface area contributed by atoms with Crippen LogP contribution in [0.15, 0.2) is 27.1 Å². The Labute approximate surface area is 155 Å². The Morgan fingerprint density at radius 2 is 2.14 bits per heavy atom. The molecule has 2 aromatic rings. The van der Waals surface area contributed by atoms with Crippen molar-refractivity contribution in [3.8, 4) is 0 Å². The Bertz CT molecular complexity index is 642. The molecule has 0 saturated carbocycles. The largest absolute Gasteiger partial charge is 0.271 e. The minimum absolute atomic E-state index is 0.0344. The van der Waals surface area contributed by atoms with E-state index in [1.165, 1.54) is 9.13 Å². The number of hydrazine groups is 1. The van der Waals surface area contributed by atoms with Gasteiger partial charge < -0.3 is 0 Å². The molecule has 7 heteroatoms. The highest BCUT2D eigenvalue weighted by Gasteiger charge is 2.20. The van der Waals surface area contributed by atoms with E-state index < -0.39 is 0 Å². The van der Waals surface area contributed by atoms with Crippen molar-refractivity contribution < 1.29 is 0 Å². The molecule has 0 saturated heterocycles. The van der Waals surface area contributed by atoms with Crippen molar-refractivity contribution >= 4 is 54.5 Å². The van der Waals surface area contributed by atoms with E-state index in [9.17, 15) is 0 Å². The third-order valence-corrected chi connectivity index (χ3v) is 5.89. The molecule has 1 atom stereocenters. The molecule has 1 unspecified atom stereocenters. The van der Waals surface area contributed by atoms with Gasteiger partial charge in [0.1, 0.15) is 0 Å². The van der Waals surface area contributed by atoms with Crippen molar-refractivity contribution in [2.75, 3.05) is 0 Å². The Balaban J connectivity index is 2.38. The third-order valence-electron chi connectivity index (χ3n) is 3.38. The SMILES string of the molecule is CCn1nc(C)c(Br)c1CC(NN)c1cc(Br)ccc1I. The van der Waals surface area contributed by atoms with Gasteiger partial charge in [0.05, 0.1) is 21.9 Å². The van der Waals surface area contributed by atoms with Crippen LogP contribution in [0, 0.1) is 10.5 Å². The number of benzene rings is 1. The molecule has 0 spiro atoms. The Kier molecular flexibility index (Phi) is 6.25. The van der Waals surface area contributed by atoms with Gasteiger partial charge in [0, 0.05) is 21.0 Å². The lowest BCUT2D eigenvalue weighted by Crippen LogP contribution is -2.31. The Hall–Kier alpha value is 0.0400. The average Bonchev–Trinajstić information content (AvgIpc) is 2.74. The summed E-state index contributed by atoms with van der Waals surface area (Å²) < 4.78 is 5.33. The van der Waals surface area contributed by atoms with Gasteiger partial charge in [0.2, 0.25) is 0 Å². The van der Waals surface area contributed by atoms with E-state index >= 15 is 0 Å². The summed E-state index contributed by atoms with van der Waals surface area (Å²) in [5, 5.41) is 4.54. The Morgan fingerprint density at radius 1 is 1.43 bits per heavy atom. The Morgan fingerprint density at radius 3 is 2.76 bits per heavy atom. The maximum atomic E-state index is 5.81. The molecule has 1 aromatic carbocycles. The van der Waals surface area contributed by atoms with Crippen molar-refractivity contribution in [1.82, 2.24) is 15.2 Å². The summed E-state index contributed by atoms with van der Waals surface area (Å²) in [7, 11) is 0. The van der Waals surface area contributed by atoms with Gasteiger partial charge in [-0.25, -0.2) is 0 Å². The van der Waals surface area contributed by atoms with Crippen LogP contribution in [0.3, 0.4) is 0 Å². The van der Waals surface area contributed by atoms with Crippen LogP contribution >= 0.6 is 54.5 Å². The second-order valence-corrected chi connectivity index (χ2v) is 7.62. The quantitative estimate of drug-likeness (QED) is 0.350. The molecule has 0 fully saturated rings. The fourth-order valence-corrected chi connectivity index (χ4v) is 3.83. The number of halogens is 3. The summed E-state index contributed by atoms with van der Waals surface area (Å²) in [6, 6.07) is 6.27. The molecule has 1 heterocycles. The van der Waals surface area contributed by atoms with Crippen molar-refractivity contribution in [2.45, 2.75) is 32.9 Å². The molecule has 0 radical (unpaired) electrons. The van der Waals surface area contributed by atoms with E-state index in [1.807, 2.05) is 17.7 Å². The summed E-state index contributed by atoms with van der Waals surface area (Å²) >= 11 is 9.51. The first kappa shape index (κ1) is 17.4. The maximum absolute atomic E-state index is 5.81. The highest BCUT2D eigenvalue weighted by molar-refractivity contribution is 14.1. The van der Waals surface area contributed by atoms with E-state index in [0.717, 1.165) is 33.3 Å². The lowest BCUT2D eigenvalue weighted by atomic mass is 10.0. The van der Waals surface area contributed by atoms with E-state index in [2.05, 4.69) is 84.0 Å². The third kappa shape index (κ3) is 3.87. The fraction of sp³-hybridized carbons (Fsp3) is 0.357. The molecular formula is C14H17Br2IN4. The average molecular weight is 528 g/mol. The minimum Gasteiger partial charge on any atom is -0.271 e. The summed E-state index contributed by atoms with van der Waals surface area (Å²) in [6.07, 6.45) is 0.776. The molecule has 114 valence electrons. The molecule has 0 amide bonds. The molecule has 2 rings (SSSR count). The van der Waals surface area contributed by atoms with Crippen LogP contribution in [0.1, 0.15) is 29.9 Å². The summed E-state index contributed by atoms with van der Waals surface area (Å²) in [5.74, 6) is 5.81. The number of rotatable bonds is 5. The number of hydrogen-bond acceptors (Lipinski definition) is 3. The zero-order chi connectivity index (χ0) is 15.6. The van der Waals surface area contributed by atoms with Gasteiger partial charge >= 0.3 is 0 Å². The fourth-order valence-electron chi connectivity index (χ4n) is 2.30. The molecule has 0 aliphatic heterocycles. The van der Waals surface area contributed by atoms with Crippen LogP contribution in [-0.2, 0) is 13.0 Å². The summed E-state index contributed by atoms with van der Waals surface area (Å²) in [4.78, 5) is 0. The van der Waals surface area contributed by atoms with E-state index in [-0.39, 0.29) is 6.04 Å². The van der Waals surface area contributed by atoms with Gasteiger partial charge in [-0.3, -0.25) is 16.0 Å². The maximum Gasteiger partial charge on any atom is 0.0738 e. The lowest BCUT2D eigenvalue weighted by Gasteiger charge is -2.19. The first-order valence-corrected chi connectivity index (χ1v) is 9.27. The molecule has 1 aromatic heterocycles. The molecule has 21 heavy (non-hydrogen) atoms. The van der Waals surface area contributed by atoms with Crippen LogP contribution in [-0.4, -0.2) is 9.78 Å². The first-order valence-electron chi connectivity index (χ1n) is 6.60. The van der Waals surface area contributed by atoms with Crippen LogP contribution in [0.4, 0.5) is 0 Å². The van der Waals surface area contributed by atoms with E-state index in [4.69, 9.17) is 5.84 Å². The minimum atomic E-state index is 0.0344. The van der Waals surface area contributed by atoms with Gasteiger partial charge in [-0.05, 0) is 76.1 Å². The zero-order valence-electron chi connectivity index (χ0n) is 11.8. The van der Waals surface area contributed by atoms with Crippen molar-refractivity contribution in [3.05, 3.63) is 47.7 Å². The predicted molar refractivity (Wildman–Crippen MR) is 101 cm³/mol. The summed E-state index contributed by atoms with van der Waals surface area (Å²) in [6.45, 7) is 4.94. The molecule has 3 N–H and O–H groups in total. The van der Waals surface area contributed by atoms with Crippen molar-refractivity contribution in [2.24, 2.45) is 5.84 Å². The normalized spacial score (nSPS) is 12.7. The highest BCUT2D eigenvalue weighted by Crippen LogP contribution is 2.29. The number of aryl methyl sites for hydroxylation is 2. The van der Waals surface area contributed by atoms with E-state index in [1.54, 1.807) is 0 Å². The van der Waals surface area contributed by atoms with Crippen LogP contribution in [0.2, 0.25) is 0 Å². The topological polar surface area (TPSA) is 55.9 Å². The zero-order valence-corrected chi connectivity index (χ0v) is 17.2.